The van der Waals surface area contributed by atoms with Crippen LogP contribution in [0.3, 0.4) is 0 Å². The fourth-order valence-electron chi connectivity index (χ4n) is 7.07. The molecule has 2 saturated heterocycles. The Morgan fingerprint density at radius 3 is 2.38 bits per heavy atom. The largest absolute Gasteiger partial charge is 0.444 e. The van der Waals surface area contributed by atoms with Gasteiger partial charge in [-0.15, -0.1) is 18.2 Å². The van der Waals surface area contributed by atoms with Crippen molar-refractivity contribution in [2.75, 3.05) is 32.9 Å². The van der Waals surface area contributed by atoms with Gasteiger partial charge in [0.15, 0.2) is 22.9 Å². The number of unbranched alkanes of at least 4 members (excludes halogenated alkanes) is 1. The van der Waals surface area contributed by atoms with E-state index in [4.69, 9.17) is 30.7 Å². The van der Waals surface area contributed by atoms with Crippen molar-refractivity contribution in [1.82, 2.24) is 34.7 Å². The number of thioether (sulfide) groups is 1. The van der Waals surface area contributed by atoms with Crippen molar-refractivity contribution in [2.24, 2.45) is 5.92 Å². The minimum absolute atomic E-state index is 0.163. The van der Waals surface area contributed by atoms with Crippen LogP contribution in [0.1, 0.15) is 143 Å². The maximum absolute atomic E-state index is 12.9. The lowest BCUT2D eigenvalue weighted by Crippen LogP contribution is -2.42. The molecule has 12 heteroatoms. The zero-order chi connectivity index (χ0) is 39.3. The number of amides is 1. The summed E-state index contributed by atoms with van der Waals surface area (Å²) < 4.78 is 13.0. The summed E-state index contributed by atoms with van der Waals surface area (Å²) in [6.45, 7) is 21.5. The topological polar surface area (TPSA) is 119 Å². The lowest BCUT2D eigenvalue weighted by atomic mass is 9.83. The Bertz CT molecular complexity index is 1670. The van der Waals surface area contributed by atoms with Gasteiger partial charge in [0.05, 0.1) is 17.8 Å². The Morgan fingerprint density at radius 2 is 1.77 bits per heavy atom. The molecule has 3 unspecified atom stereocenters. The third kappa shape index (κ3) is 11.3. The number of piperidine rings is 1. The Morgan fingerprint density at radius 1 is 1.06 bits per heavy atom. The van der Waals surface area contributed by atoms with Crippen molar-refractivity contribution >= 4 is 34.7 Å². The molecular formula is C41H65N7O4S. The summed E-state index contributed by atoms with van der Waals surface area (Å²) in [7, 11) is 2.15. The minimum Gasteiger partial charge on any atom is -0.444 e. The molecule has 3 aromatic rings. The molecule has 3 aliphatic rings. The highest BCUT2D eigenvalue weighted by Gasteiger charge is 2.34. The molecule has 6 rings (SSSR count). The van der Waals surface area contributed by atoms with Crippen molar-refractivity contribution in [1.29, 1.82) is 0 Å². The molecule has 2 fully saturated rings. The second-order valence-corrected chi connectivity index (χ2v) is 15.6. The molecule has 1 amide bonds. The number of hydrogen-bond acceptors (Lipinski definition) is 10. The van der Waals surface area contributed by atoms with E-state index in [0.29, 0.717) is 41.4 Å². The number of likely N-dealkylation sites (tertiary alicyclic amines) is 2. The predicted molar refractivity (Wildman–Crippen MR) is 215 cm³/mol. The molecule has 1 aliphatic carbocycles. The van der Waals surface area contributed by atoms with E-state index in [0.717, 1.165) is 92.7 Å². The van der Waals surface area contributed by atoms with E-state index in [1.54, 1.807) is 0 Å². The molecular weight excluding hydrogens is 687 g/mol. The van der Waals surface area contributed by atoms with Crippen LogP contribution in [0.5, 0.6) is 0 Å². The van der Waals surface area contributed by atoms with Gasteiger partial charge in [-0.3, -0.25) is 4.79 Å². The van der Waals surface area contributed by atoms with E-state index in [1.807, 2.05) is 64.3 Å². The van der Waals surface area contributed by atoms with Gasteiger partial charge in [0.1, 0.15) is 22.1 Å². The van der Waals surface area contributed by atoms with E-state index in [-0.39, 0.29) is 23.4 Å². The highest BCUT2D eigenvalue weighted by molar-refractivity contribution is 7.98. The normalized spacial score (nSPS) is 19.8. The zero-order valence-electron chi connectivity index (χ0n) is 34.4. The number of nitrogens with zero attached hydrogens (tertiary/aromatic N) is 7. The molecule has 0 N–H and O–H groups in total. The van der Waals surface area contributed by atoms with Crippen molar-refractivity contribution in [3.63, 3.8) is 0 Å². The summed E-state index contributed by atoms with van der Waals surface area (Å²) in [6, 6.07) is 0.398. The smallest absolute Gasteiger partial charge is 0.410 e. The monoisotopic (exact) mass is 751 g/mol. The van der Waals surface area contributed by atoms with Crippen molar-refractivity contribution in [3.05, 3.63) is 17.0 Å². The van der Waals surface area contributed by atoms with Crippen LogP contribution >= 0.6 is 11.8 Å². The number of hydrogen-bond donors (Lipinski definition) is 0. The van der Waals surface area contributed by atoms with Crippen LogP contribution < -0.4 is 0 Å². The molecule has 0 bridgehead atoms. The Kier molecular flexibility index (Phi) is 17.3. The van der Waals surface area contributed by atoms with Gasteiger partial charge < -0.3 is 19.1 Å². The van der Waals surface area contributed by atoms with Gasteiger partial charge in [-0.1, -0.05) is 53.1 Å². The van der Waals surface area contributed by atoms with Crippen molar-refractivity contribution < 1.29 is 18.8 Å². The van der Waals surface area contributed by atoms with Gasteiger partial charge in [-0.2, -0.15) is 5.10 Å². The fourth-order valence-corrected chi connectivity index (χ4v) is 7.64. The van der Waals surface area contributed by atoms with Gasteiger partial charge in [0.2, 0.25) is 0 Å². The first-order chi connectivity index (χ1) is 25.4. The summed E-state index contributed by atoms with van der Waals surface area (Å²) in [5.41, 5.74) is 2.53. The number of ether oxygens (including phenoxy) is 1. The summed E-state index contributed by atoms with van der Waals surface area (Å²) in [6.07, 6.45) is 17.3. The van der Waals surface area contributed by atoms with Crippen LogP contribution in [0.15, 0.2) is 9.55 Å². The Labute approximate surface area is 322 Å². The van der Waals surface area contributed by atoms with E-state index in [1.165, 1.54) is 24.6 Å². The fraction of sp³-hybridized carbons (Fsp3) is 0.707. The SMILES string of the molecule is C#Cc1nn(CC2CCCN2C)c2nc(-c3noc4c3CCCC4C(=O)CCCC)nc(SC)c12.CC.CC.CC1CCCN(C(=O)OC(C)(C)C)C1. The Balaban J connectivity index is 0.000000353. The molecule has 3 atom stereocenters. The standard InChI is InChI=1S/C26H32N6O2S.C11H21NO2.2C2H6/c1-5-7-13-20(33)17-11-8-12-18-22(30-34-23(17)18)24-27-25-21(26(28-24)35-4)19(6-2)29-32(25)15-16-10-9-14-31(16)3;1-9-6-5-7-12(8-9)10(13)14-11(2,3)4;2*1-2/h2,16-17H,5,7-15H2,1,3-4H3;9H,5-8H2,1-4H3;2*1-2H3. The number of Topliss-reactive ketones (excluding diaryl/α,β-unsaturated/α-hetero) is 1. The highest BCUT2D eigenvalue weighted by atomic mass is 32.2. The van der Waals surface area contributed by atoms with Crippen LogP contribution in [0.4, 0.5) is 4.79 Å². The third-order valence-electron chi connectivity index (χ3n) is 9.68. The molecule has 53 heavy (non-hydrogen) atoms. The molecule has 294 valence electrons. The first kappa shape index (κ1) is 44.0. The van der Waals surface area contributed by atoms with Crippen LogP contribution in [-0.4, -0.2) is 91.2 Å². The summed E-state index contributed by atoms with van der Waals surface area (Å²) in [4.78, 5) is 38.5. The number of rotatable bonds is 8. The molecule has 0 spiro atoms. The first-order valence-electron chi connectivity index (χ1n) is 19.9. The molecule has 2 aliphatic heterocycles. The lowest BCUT2D eigenvalue weighted by Gasteiger charge is -2.32. The predicted octanol–water partition coefficient (Wildman–Crippen LogP) is 9.16. The van der Waals surface area contributed by atoms with Gasteiger partial charge >= 0.3 is 6.09 Å². The van der Waals surface area contributed by atoms with Gasteiger partial charge in [0.25, 0.3) is 0 Å². The number of carbonyl (C=O) groups excluding carboxylic acids is 2. The molecule has 0 aromatic carbocycles. The highest BCUT2D eigenvalue weighted by Crippen LogP contribution is 2.39. The van der Waals surface area contributed by atoms with Crippen LogP contribution in [-0.2, 0) is 22.5 Å². The number of terminal acetylenes is 1. The average Bonchev–Trinajstić information content (AvgIpc) is 3.88. The molecule has 5 heterocycles. The minimum atomic E-state index is -0.377. The van der Waals surface area contributed by atoms with E-state index in [9.17, 15) is 9.59 Å². The number of likely N-dealkylation sites (N-methyl/N-ethyl adjacent to an activating group) is 1. The molecule has 3 aromatic heterocycles. The maximum Gasteiger partial charge on any atom is 0.410 e. The van der Waals surface area contributed by atoms with Crippen LogP contribution in [0, 0.1) is 18.3 Å². The van der Waals surface area contributed by atoms with Gasteiger partial charge in [-0.05, 0) is 104 Å². The molecule has 11 nitrogen and oxygen atoms in total. The summed E-state index contributed by atoms with van der Waals surface area (Å²) in [5.74, 6) is 4.58. The molecule has 0 radical (unpaired) electrons. The van der Waals surface area contributed by atoms with E-state index >= 15 is 0 Å². The Hall–Kier alpha value is -3.43. The van der Waals surface area contributed by atoms with Crippen LogP contribution in [0.25, 0.3) is 22.6 Å². The van der Waals surface area contributed by atoms with Crippen molar-refractivity contribution in [3.8, 4) is 23.9 Å². The van der Waals surface area contributed by atoms with Gasteiger partial charge in [-0.25, -0.2) is 19.4 Å². The third-order valence-corrected chi connectivity index (χ3v) is 10.4. The zero-order valence-corrected chi connectivity index (χ0v) is 35.2. The van der Waals surface area contributed by atoms with Gasteiger partial charge in [0, 0.05) is 31.1 Å². The average molecular weight is 752 g/mol. The lowest BCUT2D eigenvalue weighted by molar-refractivity contribution is -0.121. The van der Waals surface area contributed by atoms with E-state index in [2.05, 4.69) is 36.9 Å². The van der Waals surface area contributed by atoms with E-state index < -0.39 is 0 Å². The summed E-state index contributed by atoms with van der Waals surface area (Å²) >= 11 is 1.52. The quantitative estimate of drug-likeness (QED) is 0.125. The number of ketones is 1. The summed E-state index contributed by atoms with van der Waals surface area (Å²) in [5, 5.41) is 10.7. The van der Waals surface area contributed by atoms with Crippen molar-refractivity contribution in [2.45, 2.75) is 156 Å². The first-order valence-corrected chi connectivity index (χ1v) is 21.1. The molecule has 0 saturated carbocycles. The maximum atomic E-state index is 12.9. The second-order valence-electron chi connectivity index (χ2n) is 14.8. The number of carbonyl (C=O) groups is 2. The second kappa shape index (κ2) is 20.9. The number of fused-ring (bicyclic) bond motifs is 2. The van der Waals surface area contributed by atoms with Crippen LogP contribution in [0.2, 0.25) is 0 Å². The number of aromatic nitrogens is 5.